The molecular formula is C3H5F3N2O. The molecule has 0 aromatic carbocycles. The number of alkyl halides is 3. The molecule has 0 amide bonds. The minimum atomic E-state index is -4.74. The number of hydrogen-bond acceptors (Lipinski definition) is 2. The Morgan fingerprint density at radius 3 is 2.11 bits per heavy atom. The van der Waals surface area contributed by atoms with E-state index in [1.165, 1.54) is 6.92 Å². The van der Waals surface area contributed by atoms with Crippen molar-refractivity contribution in [2.75, 3.05) is 0 Å². The predicted octanol–water partition coefficient (Wildman–Crippen LogP) is 0.815. The molecule has 3 nitrogen and oxygen atoms in total. The molecule has 0 aliphatic heterocycles. The van der Waals surface area contributed by atoms with Gasteiger partial charge in [0.15, 0.2) is 0 Å². The highest BCUT2D eigenvalue weighted by atomic mass is 19.4. The monoisotopic (exact) mass is 142 g/mol. The first-order chi connectivity index (χ1) is 3.92. The quantitative estimate of drug-likeness (QED) is 0.334. The van der Waals surface area contributed by atoms with Gasteiger partial charge in [0.1, 0.15) is 5.84 Å². The summed E-state index contributed by atoms with van der Waals surface area (Å²) >= 11 is 0. The summed E-state index contributed by atoms with van der Waals surface area (Å²) in [5.74, 6) is -0.271. The molecule has 0 heterocycles. The molecule has 0 bridgehead atoms. The van der Waals surface area contributed by atoms with E-state index in [9.17, 15) is 13.2 Å². The van der Waals surface area contributed by atoms with Crippen LogP contribution in [0.5, 0.6) is 0 Å². The Balaban J connectivity index is 3.64. The topological polar surface area (TPSA) is 47.6 Å². The van der Waals surface area contributed by atoms with E-state index in [2.05, 4.69) is 9.99 Å². The van der Waals surface area contributed by atoms with Gasteiger partial charge in [-0.1, -0.05) is 5.16 Å². The molecule has 0 spiro atoms. The predicted molar refractivity (Wildman–Crippen MR) is 24.4 cm³/mol. The second-order valence-electron chi connectivity index (χ2n) is 1.27. The van der Waals surface area contributed by atoms with E-state index in [-0.39, 0.29) is 5.84 Å². The lowest BCUT2D eigenvalue weighted by atomic mass is 10.7. The molecule has 0 atom stereocenters. The van der Waals surface area contributed by atoms with Crippen molar-refractivity contribution >= 4 is 5.84 Å². The molecule has 0 radical (unpaired) electrons. The number of nitrogens with two attached hydrogens (primary N) is 1. The summed E-state index contributed by atoms with van der Waals surface area (Å²) in [6.07, 6.45) is -4.74. The van der Waals surface area contributed by atoms with Crippen LogP contribution >= 0.6 is 0 Å². The van der Waals surface area contributed by atoms with Crippen LogP contribution in [0.3, 0.4) is 0 Å². The van der Waals surface area contributed by atoms with Gasteiger partial charge in [-0.25, -0.2) is 0 Å². The Morgan fingerprint density at radius 2 is 2.00 bits per heavy atom. The van der Waals surface area contributed by atoms with E-state index in [0.717, 1.165) is 0 Å². The first-order valence-electron chi connectivity index (χ1n) is 1.97. The minimum absolute atomic E-state index is 0.271. The van der Waals surface area contributed by atoms with Gasteiger partial charge in [0.05, 0.1) is 0 Å². The molecular weight excluding hydrogens is 137 g/mol. The van der Waals surface area contributed by atoms with E-state index in [0.29, 0.717) is 0 Å². The van der Waals surface area contributed by atoms with Gasteiger partial charge in [-0.05, 0) is 6.92 Å². The van der Waals surface area contributed by atoms with Crippen LogP contribution < -0.4 is 5.73 Å². The lowest BCUT2D eigenvalue weighted by Crippen LogP contribution is -2.13. The van der Waals surface area contributed by atoms with Crippen LogP contribution in [0.15, 0.2) is 5.16 Å². The highest BCUT2D eigenvalue weighted by molar-refractivity contribution is 5.76. The molecule has 0 saturated carbocycles. The van der Waals surface area contributed by atoms with E-state index in [1.54, 1.807) is 0 Å². The Hall–Kier alpha value is -0.940. The number of amidine groups is 1. The van der Waals surface area contributed by atoms with Crippen molar-refractivity contribution in [2.24, 2.45) is 10.9 Å². The SMILES string of the molecule is C/C(N)=N/OC(F)(F)F. The Labute approximate surface area is 49.3 Å². The smallest absolute Gasteiger partial charge is 0.385 e. The standard InChI is InChI=1S/C3H5F3N2O/c1-2(7)8-9-3(4,5)6/h1H3,(H2,7,8). The lowest BCUT2D eigenvalue weighted by Gasteiger charge is -2.00. The molecule has 0 aliphatic rings. The van der Waals surface area contributed by atoms with Gasteiger partial charge in [0, 0.05) is 0 Å². The van der Waals surface area contributed by atoms with Crippen molar-refractivity contribution in [3.63, 3.8) is 0 Å². The summed E-state index contributed by atoms with van der Waals surface area (Å²) in [5, 5.41) is 2.47. The zero-order valence-corrected chi connectivity index (χ0v) is 4.57. The summed E-state index contributed by atoms with van der Waals surface area (Å²) in [6, 6.07) is 0. The largest absolute Gasteiger partial charge is 0.593 e. The lowest BCUT2D eigenvalue weighted by molar-refractivity contribution is -0.325. The highest BCUT2D eigenvalue weighted by Gasteiger charge is 2.31. The molecule has 6 heteroatoms. The van der Waals surface area contributed by atoms with Crippen LogP contribution in [-0.2, 0) is 4.84 Å². The number of rotatable bonds is 1. The zero-order chi connectivity index (χ0) is 7.49. The van der Waals surface area contributed by atoms with Gasteiger partial charge in [0.2, 0.25) is 0 Å². The molecule has 54 valence electrons. The number of nitrogens with zero attached hydrogens (tertiary/aromatic N) is 1. The summed E-state index contributed by atoms with van der Waals surface area (Å²) < 4.78 is 33.1. The Kier molecular flexibility index (Phi) is 2.29. The van der Waals surface area contributed by atoms with Crippen molar-refractivity contribution < 1.29 is 18.0 Å². The average Bonchev–Trinajstić information content (AvgIpc) is 1.59. The third kappa shape index (κ3) is 7.06. The third-order valence-corrected chi connectivity index (χ3v) is 0.293. The van der Waals surface area contributed by atoms with Crippen molar-refractivity contribution in [1.82, 2.24) is 0 Å². The number of halogens is 3. The molecule has 0 fully saturated rings. The fraction of sp³-hybridized carbons (Fsp3) is 0.667. The van der Waals surface area contributed by atoms with E-state index in [4.69, 9.17) is 5.73 Å². The van der Waals surface area contributed by atoms with Crippen LogP contribution in [0.25, 0.3) is 0 Å². The van der Waals surface area contributed by atoms with Gasteiger partial charge in [-0.15, -0.1) is 13.2 Å². The fourth-order valence-corrected chi connectivity index (χ4v) is 0.124. The first kappa shape index (κ1) is 8.06. The Bertz CT molecular complexity index is 115. The molecule has 0 aromatic heterocycles. The van der Waals surface area contributed by atoms with E-state index >= 15 is 0 Å². The van der Waals surface area contributed by atoms with Crippen molar-refractivity contribution in [3.05, 3.63) is 0 Å². The van der Waals surface area contributed by atoms with Gasteiger partial charge in [0.25, 0.3) is 0 Å². The van der Waals surface area contributed by atoms with Crippen LogP contribution in [0, 0.1) is 0 Å². The normalized spacial score (nSPS) is 13.6. The maximum Gasteiger partial charge on any atom is 0.593 e. The van der Waals surface area contributed by atoms with Crippen LogP contribution in [-0.4, -0.2) is 12.2 Å². The first-order valence-corrected chi connectivity index (χ1v) is 1.97. The van der Waals surface area contributed by atoms with Crippen LogP contribution in [0.2, 0.25) is 0 Å². The molecule has 0 unspecified atom stereocenters. The van der Waals surface area contributed by atoms with Crippen molar-refractivity contribution in [3.8, 4) is 0 Å². The highest BCUT2D eigenvalue weighted by Crippen LogP contribution is 2.15. The van der Waals surface area contributed by atoms with Gasteiger partial charge >= 0.3 is 6.36 Å². The minimum Gasteiger partial charge on any atom is -0.385 e. The van der Waals surface area contributed by atoms with Gasteiger partial charge < -0.3 is 5.73 Å². The average molecular weight is 142 g/mol. The molecule has 9 heavy (non-hydrogen) atoms. The molecule has 2 N–H and O–H groups in total. The zero-order valence-electron chi connectivity index (χ0n) is 4.57. The Morgan fingerprint density at radius 1 is 1.56 bits per heavy atom. The molecule has 0 aromatic rings. The molecule has 0 saturated heterocycles. The molecule has 0 aliphatic carbocycles. The van der Waals surface area contributed by atoms with E-state index in [1.807, 2.05) is 0 Å². The van der Waals surface area contributed by atoms with E-state index < -0.39 is 6.36 Å². The second kappa shape index (κ2) is 2.56. The summed E-state index contributed by atoms with van der Waals surface area (Å²) in [4.78, 5) is 2.95. The second-order valence-corrected chi connectivity index (χ2v) is 1.27. The van der Waals surface area contributed by atoms with Crippen LogP contribution in [0.4, 0.5) is 13.2 Å². The molecule has 0 rings (SSSR count). The number of hydrogen-bond donors (Lipinski definition) is 1. The fourth-order valence-electron chi connectivity index (χ4n) is 0.124. The van der Waals surface area contributed by atoms with Gasteiger partial charge in [-0.2, -0.15) is 0 Å². The summed E-state index contributed by atoms with van der Waals surface area (Å²) in [6.45, 7) is 1.19. The van der Waals surface area contributed by atoms with Crippen molar-refractivity contribution in [2.45, 2.75) is 13.3 Å². The maximum atomic E-state index is 11.0. The number of oxime groups is 1. The third-order valence-electron chi connectivity index (χ3n) is 0.293. The van der Waals surface area contributed by atoms with Crippen molar-refractivity contribution in [1.29, 1.82) is 0 Å². The van der Waals surface area contributed by atoms with Gasteiger partial charge in [-0.3, -0.25) is 4.84 Å². The summed E-state index contributed by atoms with van der Waals surface area (Å²) in [7, 11) is 0. The summed E-state index contributed by atoms with van der Waals surface area (Å²) in [5.41, 5.74) is 4.72. The maximum absolute atomic E-state index is 11.0. The van der Waals surface area contributed by atoms with Crippen LogP contribution in [0.1, 0.15) is 6.92 Å².